The Labute approximate surface area is 88.9 Å². The molecule has 1 aliphatic rings. The molecule has 0 radical (unpaired) electrons. The van der Waals surface area contributed by atoms with Gasteiger partial charge in [0.25, 0.3) is 0 Å². The first-order chi connectivity index (χ1) is 6.74. The molecule has 1 fully saturated rings. The molecule has 0 amide bonds. The highest BCUT2D eigenvalue weighted by Crippen LogP contribution is 2.37. The van der Waals surface area contributed by atoms with Gasteiger partial charge in [0.05, 0.1) is 12.4 Å². The number of hydrogen-bond donors (Lipinski definition) is 1. The van der Waals surface area contributed by atoms with Crippen molar-refractivity contribution in [2.75, 3.05) is 5.32 Å². The molecule has 0 unspecified atom stereocenters. The lowest BCUT2D eigenvalue weighted by Crippen LogP contribution is -2.44. The lowest BCUT2D eigenvalue weighted by Gasteiger charge is -2.42. The summed E-state index contributed by atoms with van der Waals surface area (Å²) < 4.78 is 0. The largest absolute Gasteiger partial charge is 0.363 e. The summed E-state index contributed by atoms with van der Waals surface area (Å²) in [5, 5.41) is 3.87. The van der Waals surface area contributed by atoms with Crippen molar-refractivity contribution in [2.24, 2.45) is 0 Å². The van der Waals surface area contributed by atoms with Crippen LogP contribution in [-0.4, -0.2) is 15.5 Å². The fourth-order valence-corrected chi connectivity index (χ4v) is 1.99. The molecule has 76 valence electrons. The van der Waals surface area contributed by atoms with Crippen LogP contribution in [0.5, 0.6) is 0 Å². The van der Waals surface area contributed by atoms with Crippen molar-refractivity contribution < 1.29 is 0 Å². The number of nitrogens with zero attached hydrogens (tertiary/aromatic N) is 2. The van der Waals surface area contributed by atoms with E-state index in [1.807, 2.05) is 0 Å². The minimum atomic E-state index is 0.249. The van der Waals surface area contributed by atoms with Crippen molar-refractivity contribution in [2.45, 2.75) is 38.1 Å². The quantitative estimate of drug-likeness (QED) is 0.836. The highest BCUT2D eigenvalue weighted by atomic mass is 35.5. The van der Waals surface area contributed by atoms with Crippen molar-refractivity contribution in [3.05, 3.63) is 17.5 Å². The van der Waals surface area contributed by atoms with Crippen LogP contribution in [0.3, 0.4) is 0 Å². The van der Waals surface area contributed by atoms with Crippen LogP contribution in [0.1, 0.15) is 32.6 Å². The fraction of sp³-hybridized carbons (Fsp3) is 0.600. The van der Waals surface area contributed by atoms with Crippen LogP contribution in [0.15, 0.2) is 12.4 Å². The zero-order valence-corrected chi connectivity index (χ0v) is 9.01. The summed E-state index contributed by atoms with van der Waals surface area (Å²) in [4.78, 5) is 8.18. The van der Waals surface area contributed by atoms with Crippen molar-refractivity contribution in [1.29, 1.82) is 0 Å². The van der Waals surface area contributed by atoms with E-state index in [1.165, 1.54) is 19.3 Å². The van der Waals surface area contributed by atoms with Crippen LogP contribution >= 0.6 is 11.6 Å². The molecule has 1 aromatic rings. The molecule has 0 spiro atoms. The number of nitrogens with one attached hydrogen (secondary N) is 1. The minimum Gasteiger partial charge on any atom is -0.363 e. The molecule has 0 atom stereocenters. The summed E-state index contributed by atoms with van der Waals surface area (Å²) >= 11 is 5.76. The molecule has 0 aliphatic heterocycles. The summed E-state index contributed by atoms with van der Waals surface area (Å²) in [5.74, 6) is 0.791. The number of hydrogen-bond acceptors (Lipinski definition) is 3. The molecule has 1 aliphatic carbocycles. The van der Waals surface area contributed by atoms with E-state index in [2.05, 4.69) is 22.2 Å². The second kappa shape index (κ2) is 3.73. The average molecular weight is 212 g/mol. The molecule has 1 N–H and O–H groups in total. The second-order valence-corrected chi connectivity index (χ2v) is 4.23. The number of halogens is 1. The van der Waals surface area contributed by atoms with Crippen LogP contribution in [0.2, 0.25) is 5.15 Å². The molecular weight excluding hydrogens is 198 g/mol. The third-order valence-corrected chi connectivity index (χ3v) is 3.17. The van der Waals surface area contributed by atoms with Crippen LogP contribution in [0.25, 0.3) is 0 Å². The number of aromatic nitrogens is 2. The molecule has 2 rings (SSSR count). The maximum atomic E-state index is 5.76. The molecular formula is C10H14ClN3. The Morgan fingerprint density at radius 2 is 2.29 bits per heavy atom. The molecule has 0 aromatic carbocycles. The van der Waals surface area contributed by atoms with Gasteiger partial charge >= 0.3 is 0 Å². The molecule has 1 saturated carbocycles. The first-order valence-corrected chi connectivity index (χ1v) is 5.38. The van der Waals surface area contributed by atoms with Gasteiger partial charge in [0.1, 0.15) is 11.0 Å². The first-order valence-electron chi connectivity index (χ1n) is 5.00. The molecule has 0 saturated heterocycles. The van der Waals surface area contributed by atoms with E-state index in [9.17, 15) is 0 Å². The Balaban J connectivity index is 2.09. The van der Waals surface area contributed by atoms with E-state index >= 15 is 0 Å². The summed E-state index contributed by atoms with van der Waals surface area (Å²) in [6.07, 6.45) is 8.14. The Bertz CT molecular complexity index is 317. The van der Waals surface area contributed by atoms with Gasteiger partial charge in [-0.05, 0) is 25.7 Å². The lowest BCUT2D eigenvalue weighted by atomic mass is 9.75. The predicted molar refractivity (Wildman–Crippen MR) is 57.5 cm³/mol. The Kier molecular flexibility index (Phi) is 2.59. The van der Waals surface area contributed by atoms with Gasteiger partial charge in [0, 0.05) is 5.54 Å². The highest BCUT2D eigenvalue weighted by Gasteiger charge is 2.35. The number of anilines is 1. The zero-order chi connectivity index (χ0) is 10.0. The topological polar surface area (TPSA) is 37.8 Å². The van der Waals surface area contributed by atoms with Crippen molar-refractivity contribution in [3.8, 4) is 0 Å². The van der Waals surface area contributed by atoms with E-state index in [-0.39, 0.29) is 5.54 Å². The van der Waals surface area contributed by atoms with Gasteiger partial charge < -0.3 is 5.32 Å². The van der Waals surface area contributed by atoms with Crippen LogP contribution < -0.4 is 5.32 Å². The monoisotopic (exact) mass is 211 g/mol. The van der Waals surface area contributed by atoms with Crippen molar-refractivity contribution >= 4 is 17.4 Å². The maximum Gasteiger partial charge on any atom is 0.149 e. The van der Waals surface area contributed by atoms with Gasteiger partial charge in [-0.15, -0.1) is 0 Å². The van der Waals surface area contributed by atoms with Crippen LogP contribution in [0, 0.1) is 0 Å². The Morgan fingerprint density at radius 3 is 2.79 bits per heavy atom. The Hall–Kier alpha value is -0.830. The van der Waals surface area contributed by atoms with E-state index < -0.39 is 0 Å². The summed E-state index contributed by atoms with van der Waals surface area (Å²) in [7, 11) is 0. The average Bonchev–Trinajstić information content (AvgIpc) is 2.11. The van der Waals surface area contributed by atoms with Gasteiger partial charge in [0.2, 0.25) is 0 Å². The van der Waals surface area contributed by atoms with E-state index in [0.717, 1.165) is 12.2 Å². The first kappa shape index (κ1) is 9.71. The summed E-state index contributed by atoms with van der Waals surface area (Å²) in [5.41, 5.74) is 0.249. The van der Waals surface area contributed by atoms with Crippen molar-refractivity contribution in [3.63, 3.8) is 0 Å². The van der Waals surface area contributed by atoms with Gasteiger partial charge in [-0.1, -0.05) is 18.5 Å². The van der Waals surface area contributed by atoms with E-state index in [0.29, 0.717) is 5.15 Å². The van der Waals surface area contributed by atoms with Gasteiger partial charge in [-0.3, -0.25) is 4.98 Å². The molecule has 1 heterocycles. The smallest absolute Gasteiger partial charge is 0.149 e. The summed E-state index contributed by atoms with van der Waals surface area (Å²) in [6.45, 7) is 2.20. The van der Waals surface area contributed by atoms with E-state index in [1.54, 1.807) is 12.4 Å². The zero-order valence-electron chi connectivity index (χ0n) is 8.26. The second-order valence-electron chi connectivity index (χ2n) is 3.84. The number of rotatable bonds is 3. The third-order valence-electron chi connectivity index (χ3n) is 2.99. The lowest BCUT2D eigenvalue weighted by molar-refractivity contribution is 0.268. The minimum absolute atomic E-state index is 0.249. The third kappa shape index (κ3) is 1.82. The summed E-state index contributed by atoms with van der Waals surface area (Å²) in [6, 6.07) is 0. The predicted octanol–water partition coefficient (Wildman–Crippen LogP) is 2.87. The van der Waals surface area contributed by atoms with Crippen LogP contribution in [-0.2, 0) is 0 Å². The van der Waals surface area contributed by atoms with Gasteiger partial charge in [-0.25, -0.2) is 4.98 Å². The SMILES string of the molecule is CCC1(Nc2cncc(Cl)n2)CCC1. The molecule has 0 bridgehead atoms. The van der Waals surface area contributed by atoms with Gasteiger partial charge in [0.15, 0.2) is 0 Å². The van der Waals surface area contributed by atoms with E-state index in [4.69, 9.17) is 11.6 Å². The molecule has 4 heteroatoms. The van der Waals surface area contributed by atoms with Crippen molar-refractivity contribution in [1.82, 2.24) is 9.97 Å². The highest BCUT2D eigenvalue weighted by molar-refractivity contribution is 6.29. The Morgan fingerprint density at radius 1 is 1.50 bits per heavy atom. The fourth-order valence-electron chi connectivity index (χ4n) is 1.84. The molecule has 3 nitrogen and oxygen atoms in total. The van der Waals surface area contributed by atoms with Crippen LogP contribution in [0.4, 0.5) is 5.82 Å². The normalized spacial score (nSPS) is 18.7. The maximum absolute atomic E-state index is 5.76. The standard InChI is InChI=1S/C10H14ClN3/c1-2-10(4-3-5-10)14-9-7-12-6-8(11)13-9/h6-7H,2-5H2,1H3,(H,13,14). The van der Waals surface area contributed by atoms with Gasteiger partial charge in [-0.2, -0.15) is 0 Å². The molecule has 14 heavy (non-hydrogen) atoms. The molecule has 1 aromatic heterocycles.